The Morgan fingerprint density at radius 1 is 1.31 bits per heavy atom. The highest BCUT2D eigenvalue weighted by atomic mass is 16.3. The second kappa shape index (κ2) is 5.32. The molecule has 0 aromatic heterocycles. The van der Waals surface area contributed by atoms with Crippen LogP contribution in [0.25, 0.3) is 0 Å². The summed E-state index contributed by atoms with van der Waals surface area (Å²) < 4.78 is 0. The maximum absolute atomic E-state index is 9.40. The molecule has 1 aromatic rings. The third-order valence-corrected chi connectivity index (χ3v) is 2.24. The molecule has 3 nitrogen and oxygen atoms in total. The molecular weight excluding hydrogens is 202 g/mol. The van der Waals surface area contributed by atoms with Crippen molar-refractivity contribution in [1.82, 2.24) is 5.32 Å². The Bertz CT molecular complexity index is 342. The zero-order chi connectivity index (χ0) is 12.2. The molecule has 1 radical (unpaired) electrons. The van der Waals surface area contributed by atoms with E-state index in [1.807, 2.05) is 12.5 Å². The van der Waals surface area contributed by atoms with Crippen LogP contribution in [0.3, 0.4) is 0 Å². The SMILES string of the molecule is CC(C)(C)NC[CH]c1ccc(O)c(CO)c1. The fourth-order valence-electron chi connectivity index (χ4n) is 1.33. The van der Waals surface area contributed by atoms with E-state index in [-0.39, 0.29) is 17.9 Å². The van der Waals surface area contributed by atoms with Gasteiger partial charge in [0, 0.05) is 24.1 Å². The molecule has 1 aromatic carbocycles. The van der Waals surface area contributed by atoms with E-state index in [4.69, 9.17) is 5.11 Å². The van der Waals surface area contributed by atoms with Crippen LogP contribution >= 0.6 is 0 Å². The van der Waals surface area contributed by atoms with Crippen molar-refractivity contribution in [3.05, 3.63) is 35.7 Å². The lowest BCUT2D eigenvalue weighted by Gasteiger charge is -2.20. The Balaban J connectivity index is 2.55. The molecule has 0 aliphatic carbocycles. The largest absolute Gasteiger partial charge is 0.508 e. The van der Waals surface area contributed by atoms with Gasteiger partial charge in [0.1, 0.15) is 5.75 Å². The van der Waals surface area contributed by atoms with Gasteiger partial charge in [-0.3, -0.25) is 0 Å². The molecule has 0 aliphatic rings. The van der Waals surface area contributed by atoms with Gasteiger partial charge in [-0.15, -0.1) is 0 Å². The molecule has 0 heterocycles. The molecule has 0 spiro atoms. The highest BCUT2D eigenvalue weighted by Crippen LogP contribution is 2.19. The Kier molecular flexibility index (Phi) is 4.33. The number of nitrogens with one attached hydrogen (secondary N) is 1. The van der Waals surface area contributed by atoms with Crippen LogP contribution in [0.5, 0.6) is 5.75 Å². The number of hydrogen-bond acceptors (Lipinski definition) is 3. The van der Waals surface area contributed by atoms with E-state index >= 15 is 0 Å². The van der Waals surface area contributed by atoms with Crippen LogP contribution in [0.2, 0.25) is 0 Å². The molecule has 1 rings (SSSR count). The summed E-state index contributed by atoms with van der Waals surface area (Å²) in [4.78, 5) is 0. The van der Waals surface area contributed by atoms with E-state index in [0.29, 0.717) is 5.56 Å². The van der Waals surface area contributed by atoms with Crippen molar-refractivity contribution in [3.8, 4) is 5.75 Å². The summed E-state index contributed by atoms with van der Waals surface area (Å²) in [5, 5.41) is 21.8. The van der Waals surface area contributed by atoms with Crippen molar-refractivity contribution in [3.63, 3.8) is 0 Å². The molecule has 0 bridgehead atoms. The highest BCUT2D eigenvalue weighted by Gasteiger charge is 2.08. The number of hydrogen-bond donors (Lipinski definition) is 3. The first-order valence-corrected chi connectivity index (χ1v) is 5.43. The van der Waals surface area contributed by atoms with Gasteiger partial charge in [-0.25, -0.2) is 0 Å². The van der Waals surface area contributed by atoms with Crippen LogP contribution in [0.15, 0.2) is 18.2 Å². The lowest BCUT2D eigenvalue weighted by Crippen LogP contribution is -2.36. The normalized spacial score (nSPS) is 11.8. The smallest absolute Gasteiger partial charge is 0.121 e. The monoisotopic (exact) mass is 222 g/mol. The molecule has 0 aliphatic heterocycles. The van der Waals surface area contributed by atoms with E-state index in [0.717, 1.165) is 12.1 Å². The first-order chi connectivity index (χ1) is 7.42. The quantitative estimate of drug-likeness (QED) is 0.728. The second-order valence-corrected chi connectivity index (χ2v) is 4.88. The Hall–Kier alpha value is -1.06. The molecule has 3 N–H and O–H groups in total. The minimum Gasteiger partial charge on any atom is -0.508 e. The Morgan fingerprint density at radius 3 is 2.56 bits per heavy atom. The predicted octanol–water partition coefficient (Wildman–Crippen LogP) is 1.82. The molecule has 0 unspecified atom stereocenters. The predicted molar refractivity (Wildman–Crippen MR) is 65.2 cm³/mol. The second-order valence-electron chi connectivity index (χ2n) is 4.88. The Labute approximate surface area is 97.1 Å². The van der Waals surface area contributed by atoms with Gasteiger partial charge in [0.15, 0.2) is 0 Å². The van der Waals surface area contributed by atoms with Crippen molar-refractivity contribution < 1.29 is 10.2 Å². The van der Waals surface area contributed by atoms with E-state index < -0.39 is 0 Å². The standard InChI is InChI=1S/C13H20NO2/c1-13(2,3)14-7-6-10-4-5-12(16)11(8-10)9-15/h4-6,8,14-16H,7,9H2,1-3H3. The molecule has 16 heavy (non-hydrogen) atoms. The molecule has 89 valence electrons. The van der Waals surface area contributed by atoms with Crippen LogP contribution in [0.4, 0.5) is 0 Å². The van der Waals surface area contributed by atoms with Crippen molar-refractivity contribution in [1.29, 1.82) is 0 Å². The van der Waals surface area contributed by atoms with Gasteiger partial charge in [-0.2, -0.15) is 0 Å². The Morgan fingerprint density at radius 2 is 2.00 bits per heavy atom. The summed E-state index contributed by atoms with van der Waals surface area (Å²) in [6.45, 7) is 6.95. The van der Waals surface area contributed by atoms with E-state index in [1.165, 1.54) is 0 Å². The minimum atomic E-state index is -0.139. The summed E-state index contributed by atoms with van der Waals surface area (Å²) in [6, 6.07) is 5.23. The lowest BCUT2D eigenvalue weighted by molar-refractivity contribution is 0.275. The fraction of sp³-hybridized carbons (Fsp3) is 0.462. The van der Waals surface area contributed by atoms with Crippen molar-refractivity contribution in [2.45, 2.75) is 32.9 Å². The number of benzene rings is 1. The first-order valence-electron chi connectivity index (χ1n) is 5.43. The lowest BCUT2D eigenvalue weighted by atomic mass is 10.1. The molecule has 0 saturated carbocycles. The van der Waals surface area contributed by atoms with Crippen LogP contribution in [0, 0.1) is 6.42 Å². The first kappa shape index (κ1) is 13.0. The van der Waals surface area contributed by atoms with E-state index in [2.05, 4.69) is 26.1 Å². The third kappa shape index (κ3) is 4.21. The maximum Gasteiger partial charge on any atom is 0.121 e. The maximum atomic E-state index is 9.40. The van der Waals surface area contributed by atoms with Gasteiger partial charge in [-0.05, 0) is 38.5 Å². The zero-order valence-corrected chi connectivity index (χ0v) is 10.1. The zero-order valence-electron chi connectivity index (χ0n) is 10.1. The van der Waals surface area contributed by atoms with Gasteiger partial charge in [0.25, 0.3) is 0 Å². The summed E-state index contributed by atoms with van der Waals surface area (Å²) in [5.74, 6) is 0.142. The van der Waals surface area contributed by atoms with Crippen LogP contribution in [0.1, 0.15) is 31.9 Å². The van der Waals surface area contributed by atoms with Gasteiger partial charge in [-0.1, -0.05) is 6.07 Å². The number of aliphatic hydroxyl groups excluding tert-OH is 1. The molecule has 3 heteroatoms. The van der Waals surface area contributed by atoms with E-state index in [1.54, 1.807) is 12.1 Å². The van der Waals surface area contributed by atoms with E-state index in [9.17, 15) is 5.11 Å². The molecule has 0 amide bonds. The fourth-order valence-corrected chi connectivity index (χ4v) is 1.33. The summed E-state index contributed by atoms with van der Waals surface area (Å²) in [5.41, 5.74) is 1.65. The average Bonchev–Trinajstić information content (AvgIpc) is 2.18. The highest BCUT2D eigenvalue weighted by molar-refractivity contribution is 5.38. The summed E-state index contributed by atoms with van der Waals surface area (Å²) in [7, 11) is 0. The van der Waals surface area contributed by atoms with Crippen LogP contribution in [-0.4, -0.2) is 22.3 Å². The average molecular weight is 222 g/mol. The molecule has 0 saturated heterocycles. The van der Waals surface area contributed by atoms with Gasteiger partial charge in [0.05, 0.1) is 6.61 Å². The van der Waals surface area contributed by atoms with Gasteiger partial charge in [0.2, 0.25) is 0 Å². The van der Waals surface area contributed by atoms with Gasteiger partial charge >= 0.3 is 0 Å². The molecular formula is C13H20NO2. The van der Waals surface area contributed by atoms with Crippen LogP contribution in [-0.2, 0) is 6.61 Å². The van der Waals surface area contributed by atoms with Gasteiger partial charge < -0.3 is 15.5 Å². The summed E-state index contributed by atoms with van der Waals surface area (Å²) >= 11 is 0. The molecule has 0 fully saturated rings. The molecule has 0 atom stereocenters. The number of rotatable bonds is 4. The number of phenols is 1. The third-order valence-electron chi connectivity index (χ3n) is 2.24. The van der Waals surface area contributed by atoms with Crippen molar-refractivity contribution >= 4 is 0 Å². The van der Waals surface area contributed by atoms with Crippen LogP contribution < -0.4 is 5.32 Å². The number of aliphatic hydroxyl groups is 1. The van der Waals surface area contributed by atoms with Crippen molar-refractivity contribution in [2.24, 2.45) is 0 Å². The van der Waals surface area contributed by atoms with Crippen molar-refractivity contribution in [2.75, 3.05) is 6.54 Å². The number of aromatic hydroxyl groups is 1. The topological polar surface area (TPSA) is 52.5 Å². The minimum absolute atomic E-state index is 0.0905. The summed E-state index contributed by atoms with van der Waals surface area (Å²) in [6.07, 6.45) is 2.03.